The molecule has 0 spiro atoms. The summed E-state index contributed by atoms with van der Waals surface area (Å²) in [5.74, 6) is 0.950. The van der Waals surface area contributed by atoms with E-state index in [1.165, 1.54) is 29.3 Å². The van der Waals surface area contributed by atoms with Crippen LogP contribution in [0.5, 0.6) is 0 Å². The second kappa shape index (κ2) is 3.49. The van der Waals surface area contributed by atoms with Gasteiger partial charge in [0.25, 0.3) is 0 Å². The van der Waals surface area contributed by atoms with Crippen molar-refractivity contribution in [2.75, 3.05) is 6.54 Å². The van der Waals surface area contributed by atoms with E-state index in [4.69, 9.17) is 0 Å². The van der Waals surface area contributed by atoms with E-state index in [0.29, 0.717) is 0 Å². The summed E-state index contributed by atoms with van der Waals surface area (Å²) in [6.07, 6.45) is 2.82. The molecular formula is C8H13N3S. The van der Waals surface area contributed by atoms with E-state index in [1.807, 2.05) is 6.92 Å². The molecule has 1 saturated carbocycles. The second-order valence-electron chi connectivity index (χ2n) is 3.36. The van der Waals surface area contributed by atoms with Crippen LogP contribution in [0.1, 0.15) is 23.4 Å². The first-order valence-electron chi connectivity index (χ1n) is 4.35. The molecule has 0 aliphatic heterocycles. The van der Waals surface area contributed by atoms with E-state index < -0.39 is 0 Å². The van der Waals surface area contributed by atoms with Crippen LogP contribution in [-0.2, 0) is 6.54 Å². The summed E-state index contributed by atoms with van der Waals surface area (Å²) in [6.45, 7) is 4.12. The van der Waals surface area contributed by atoms with Gasteiger partial charge in [-0.25, -0.2) is 0 Å². The normalized spacial score (nSPS) is 16.8. The second-order valence-corrected chi connectivity index (χ2v) is 4.19. The van der Waals surface area contributed by atoms with Crippen LogP contribution in [0.4, 0.5) is 0 Å². The van der Waals surface area contributed by atoms with E-state index >= 15 is 0 Å². The van der Waals surface area contributed by atoms with Crippen LogP contribution in [-0.4, -0.2) is 16.1 Å². The quantitative estimate of drug-likeness (QED) is 0.765. The van der Waals surface area contributed by atoms with Gasteiger partial charge in [0.2, 0.25) is 0 Å². The summed E-state index contributed by atoms with van der Waals surface area (Å²) in [7, 11) is 0. The number of hydrogen-bond acceptors (Lipinski definition) is 4. The number of nitrogens with zero attached hydrogens (tertiary/aromatic N) is 2. The van der Waals surface area contributed by atoms with Crippen molar-refractivity contribution in [1.82, 2.24) is 14.9 Å². The number of rotatable bonds is 4. The zero-order valence-electron chi connectivity index (χ0n) is 7.21. The lowest BCUT2D eigenvalue weighted by atomic mass is 10.3. The van der Waals surface area contributed by atoms with Crippen molar-refractivity contribution in [2.45, 2.75) is 26.3 Å². The third kappa shape index (κ3) is 2.01. The van der Waals surface area contributed by atoms with Crippen molar-refractivity contribution < 1.29 is 0 Å². The van der Waals surface area contributed by atoms with Crippen LogP contribution in [0.2, 0.25) is 0 Å². The molecule has 1 aromatic heterocycles. The Morgan fingerprint density at radius 1 is 1.58 bits per heavy atom. The van der Waals surface area contributed by atoms with Gasteiger partial charge in [0.15, 0.2) is 0 Å². The lowest BCUT2D eigenvalue weighted by Crippen LogP contribution is -2.15. The average molecular weight is 183 g/mol. The minimum atomic E-state index is 0.944. The molecule has 0 amide bonds. The van der Waals surface area contributed by atoms with E-state index in [2.05, 4.69) is 14.9 Å². The van der Waals surface area contributed by atoms with Gasteiger partial charge in [0, 0.05) is 6.54 Å². The van der Waals surface area contributed by atoms with Crippen molar-refractivity contribution in [3.05, 3.63) is 10.6 Å². The van der Waals surface area contributed by atoms with Gasteiger partial charge in [0.05, 0.1) is 10.6 Å². The summed E-state index contributed by atoms with van der Waals surface area (Å²) < 4.78 is 3.89. The molecule has 1 fully saturated rings. The monoisotopic (exact) mass is 183 g/mol. The van der Waals surface area contributed by atoms with Gasteiger partial charge in [-0.3, -0.25) is 0 Å². The highest BCUT2D eigenvalue weighted by molar-refractivity contribution is 7.05. The van der Waals surface area contributed by atoms with Gasteiger partial charge in [-0.2, -0.15) is 0 Å². The van der Waals surface area contributed by atoms with Crippen LogP contribution >= 0.6 is 11.5 Å². The van der Waals surface area contributed by atoms with Crippen LogP contribution in [0.25, 0.3) is 0 Å². The zero-order chi connectivity index (χ0) is 8.39. The standard InChI is InChI=1S/C8H13N3S/c1-6-8(12-11-10-6)5-9-4-7-2-3-7/h7,9H,2-5H2,1H3. The first-order valence-corrected chi connectivity index (χ1v) is 5.12. The zero-order valence-corrected chi connectivity index (χ0v) is 8.02. The molecule has 0 saturated heterocycles. The first-order chi connectivity index (χ1) is 5.86. The predicted octanol–water partition coefficient (Wildman–Crippen LogP) is 1.35. The van der Waals surface area contributed by atoms with E-state index in [1.54, 1.807) is 0 Å². The van der Waals surface area contributed by atoms with Crippen molar-refractivity contribution in [2.24, 2.45) is 5.92 Å². The maximum atomic E-state index is 3.96. The lowest BCUT2D eigenvalue weighted by Gasteiger charge is -1.99. The van der Waals surface area contributed by atoms with Crippen molar-refractivity contribution >= 4 is 11.5 Å². The van der Waals surface area contributed by atoms with E-state index in [9.17, 15) is 0 Å². The minimum Gasteiger partial charge on any atom is -0.311 e. The Balaban J connectivity index is 1.75. The lowest BCUT2D eigenvalue weighted by molar-refractivity contribution is 0.641. The maximum absolute atomic E-state index is 3.96. The van der Waals surface area contributed by atoms with E-state index in [-0.39, 0.29) is 0 Å². The maximum Gasteiger partial charge on any atom is 0.0769 e. The van der Waals surface area contributed by atoms with Gasteiger partial charge < -0.3 is 5.32 Å². The first kappa shape index (κ1) is 8.13. The molecule has 1 aliphatic carbocycles. The number of aromatic nitrogens is 2. The summed E-state index contributed by atoms with van der Waals surface area (Å²) in [6, 6.07) is 0. The Kier molecular flexibility index (Phi) is 2.37. The van der Waals surface area contributed by atoms with Gasteiger partial charge in [0.1, 0.15) is 0 Å². The predicted molar refractivity (Wildman–Crippen MR) is 49.1 cm³/mol. The highest BCUT2D eigenvalue weighted by Crippen LogP contribution is 2.27. The Labute approximate surface area is 76.4 Å². The Morgan fingerprint density at radius 3 is 3.00 bits per heavy atom. The van der Waals surface area contributed by atoms with Crippen molar-refractivity contribution in [3.63, 3.8) is 0 Å². The average Bonchev–Trinajstić information content (AvgIpc) is 2.78. The highest BCUT2D eigenvalue weighted by Gasteiger charge is 2.20. The third-order valence-electron chi connectivity index (χ3n) is 2.16. The molecule has 1 aliphatic rings. The summed E-state index contributed by atoms with van der Waals surface area (Å²) in [4.78, 5) is 1.27. The van der Waals surface area contributed by atoms with Crippen LogP contribution in [0.3, 0.4) is 0 Å². The van der Waals surface area contributed by atoms with Crippen LogP contribution < -0.4 is 5.32 Å². The van der Waals surface area contributed by atoms with Crippen LogP contribution in [0, 0.1) is 12.8 Å². The Bertz CT molecular complexity index is 255. The largest absolute Gasteiger partial charge is 0.311 e. The molecule has 0 atom stereocenters. The van der Waals surface area contributed by atoms with Gasteiger partial charge >= 0.3 is 0 Å². The fourth-order valence-electron chi connectivity index (χ4n) is 1.12. The molecule has 66 valence electrons. The van der Waals surface area contributed by atoms with Gasteiger partial charge in [-0.1, -0.05) is 4.49 Å². The number of hydrogen-bond donors (Lipinski definition) is 1. The fraction of sp³-hybridized carbons (Fsp3) is 0.750. The Hall–Kier alpha value is -0.480. The van der Waals surface area contributed by atoms with Crippen molar-refractivity contribution in [1.29, 1.82) is 0 Å². The van der Waals surface area contributed by atoms with Gasteiger partial charge in [-0.05, 0) is 43.8 Å². The molecule has 3 nitrogen and oxygen atoms in total. The molecular weight excluding hydrogens is 170 g/mol. The Morgan fingerprint density at radius 2 is 2.42 bits per heavy atom. The molecule has 1 aromatic rings. The molecule has 2 rings (SSSR count). The smallest absolute Gasteiger partial charge is 0.0769 e. The summed E-state index contributed by atoms with van der Waals surface area (Å²) in [5, 5.41) is 7.38. The molecule has 1 N–H and O–H groups in total. The SMILES string of the molecule is Cc1nnsc1CNCC1CC1. The number of aryl methyl sites for hydroxylation is 1. The molecule has 0 unspecified atom stereocenters. The molecule has 0 bridgehead atoms. The number of nitrogens with one attached hydrogen (secondary N) is 1. The minimum absolute atomic E-state index is 0.944. The molecule has 0 radical (unpaired) electrons. The topological polar surface area (TPSA) is 37.8 Å². The highest BCUT2D eigenvalue weighted by atomic mass is 32.1. The van der Waals surface area contributed by atoms with E-state index in [0.717, 1.165) is 24.7 Å². The van der Waals surface area contributed by atoms with Gasteiger partial charge in [-0.15, -0.1) is 5.10 Å². The molecule has 0 aromatic carbocycles. The fourth-order valence-corrected chi connectivity index (χ4v) is 1.73. The third-order valence-corrected chi connectivity index (χ3v) is 2.98. The van der Waals surface area contributed by atoms with Crippen molar-refractivity contribution in [3.8, 4) is 0 Å². The summed E-state index contributed by atoms with van der Waals surface area (Å²) >= 11 is 1.50. The van der Waals surface area contributed by atoms with Crippen LogP contribution in [0.15, 0.2) is 0 Å². The molecule has 4 heteroatoms. The molecule has 1 heterocycles. The molecule has 12 heavy (non-hydrogen) atoms. The summed E-state index contributed by atoms with van der Waals surface area (Å²) in [5.41, 5.74) is 1.07.